The molecule has 1 heterocycles. The van der Waals surface area contributed by atoms with Crippen molar-refractivity contribution < 1.29 is 18.3 Å². The zero-order valence-electron chi connectivity index (χ0n) is 11.7. The van der Waals surface area contributed by atoms with Crippen LogP contribution in [0, 0.1) is 6.92 Å². The average Bonchev–Trinajstić information content (AvgIpc) is 2.82. The molecule has 3 aromatic rings. The molecule has 0 amide bonds. The van der Waals surface area contributed by atoms with Crippen molar-refractivity contribution in [2.75, 3.05) is 0 Å². The first-order valence-electron chi connectivity index (χ1n) is 6.58. The molecule has 3 rings (SSSR count). The van der Waals surface area contributed by atoms with Crippen LogP contribution in [-0.4, -0.2) is 23.5 Å². The zero-order chi connectivity index (χ0) is 15.9. The second-order valence-corrected chi connectivity index (χ2v) is 6.67. The third-order valence-corrected chi connectivity index (χ3v) is 5.30. The number of carbonyl (C=O) groups is 1. The van der Waals surface area contributed by atoms with E-state index in [1.807, 2.05) is 0 Å². The van der Waals surface area contributed by atoms with Crippen molar-refractivity contribution in [2.24, 2.45) is 0 Å². The van der Waals surface area contributed by atoms with Gasteiger partial charge in [-0.1, -0.05) is 36.4 Å². The molecule has 0 saturated carbocycles. The number of hydrogen-bond donors (Lipinski definition) is 1. The zero-order valence-corrected chi connectivity index (χ0v) is 12.5. The minimum Gasteiger partial charge on any atom is -0.477 e. The van der Waals surface area contributed by atoms with Crippen LogP contribution in [0.2, 0.25) is 0 Å². The highest BCUT2D eigenvalue weighted by Crippen LogP contribution is 2.29. The number of rotatable bonds is 3. The first kappa shape index (κ1) is 14.3. The van der Waals surface area contributed by atoms with Crippen molar-refractivity contribution in [3.05, 3.63) is 65.9 Å². The van der Waals surface area contributed by atoms with Crippen LogP contribution in [0.5, 0.6) is 0 Å². The summed E-state index contributed by atoms with van der Waals surface area (Å²) in [5, 5.41) is 10.1. The smallest absolute Gasteiger partial charge is 0.353 e. The van der Waals surface area contributed by atoms with Crippen LogP contribution in [0.4, 0.5) is 0 Å². The first-order chi connectivity index (χ1) is 10.4. The molecular formula is C16H13NO4S. The number of carboxylic acids is 1. The first-order valence-corrected chi connectivity index (χ1v) is 8.02. The second kappa shape index (κ2) is 4.99. The van der Waals surface area contributed by atoms with Crippen molar-refractivity contribution in [2.45, 2.75) is 11.8 Å². The normalized spacial score (nSPS) is 11.7. The van der Waals surface area contributed by atoms with E-state index in [0.717, 1.165) is 3.97 Å². The molecule has 0 aliphatic heterocycles. The van der Waals surface area contributed by atoms with Crippen molar-refractivity contribution in [1.82, 2.24) is 3.97 Å². The van der Waals surface area contributed by atoms with Gasteiger partial charge in [0.1, 0.15) is 5.69 Å². The summed E-state index contributed by atoms with van der Waals surface area (Å²) in [6, 6.07) is 14.6. The summed E-state index contributed by atoms with van der Waals surface area (Å²) in [5.41, 5.74) is 0.564. The lowest BCUT2D eigenvalue weighted by Crippen LogP contribution is -2.18. The van der Waals surface area contributed by atoms with E-state index in [1.165, 1.54) is 12.1 Å². The van der Waals surface area contributed by atoms with Crippen LogP contribution < -0.4 is 0 Å². The summed E-state index contributed by atoms with van der Waals surface area (Å²) in [6.45, 7) is 1.61. The van der Waals surface area contributed by atoms with Gasteiger partial charge in [-0.3, -0.25) is 0 Å². The summed E-state index contributed by atoms with van der Waals surface area (Å²) in [5.74, 6) is -1.27. The minimum absolute atomic E-state index is 0.0539. The molecule has 0 aliphatic rings. The molecule has 0 bridgehead atoms. The van der Waals surface area contributed by atoms with Crippen LogP contribution >= 0.6 is 0 Å². The van der Waals surface area contributed by atoms with Crippen LogP contribution in [0.3, 0.4) is 0 Å². The fraction of sp³-hybridized carbons (Fsp3) is 0.0625. The molecule has 0 aliphatic carbocycles. The number of benzene rings is 2. The Labute approximate surface area is 127 Å². The maximum atomic E-state index is 12.9. The van der Waals surface area contributed by atoms with E-state index in [4.69, 9.17) is 0 Å². The molecule has 0 radical (unpaired) electrons. The Kier molecular flexibility index (Phi) is 3.26. The number of fused-ring (bicyclic) bond motifs is 1. The summed E-state index contributed by atoms with van der Waals surface area (Å²) in [4.78, 5) is 11.7. The molecule has 22 heavy (non-hydrogen) atoms. The number of aromatic carboxylic acids is 1. The van der Waals surface area contributed by atoms with Crippen molar-refractivity contribution in [3.8, 4) is 0 Å². The van der Waals surface area contributed by atoms with Crippen molar-refractivity contribution in [3.63, 3.8) is 0 Å². The molecule has 2 aromatic carbocycles. The fourth-order valence-electron chi connectivity index (χ4n) is 2.56. The van der Waals surface area contributed by atoms with Gasteiger partial charge < -0.3 is 5.11 Å². The third-order valence-electron chi connectivity index (χ3n) is 3.57. The molecule has 0 saturated heterocycles. The summed E-state index contributed by atoms with van der Waals surface area (Å²) in [7, 11) is -3.98. The SMILES string of the molecule is Cc1c(C(=O)O)n(S(=O)(=O)c2ccccc2)c2ccccc12. The van der Waals surface area contributed by atoms with Gasteiger partial charge >= 0.3 is 5.97 Å². The molecule has 0 spiro atoms. The van der Waals surface area contributed by atoms with E-state index in [0.29, 0.717) is 16.5 Å². The van der Waals surface area contributed by atoms with Gasteiger partial charge in [-0.25, -0.2) is 17.2 Å². The van der Waals surface area contributed by atoms with Gasteiger partial charge in [-0.05, 0) is 30.7 Å². The van der Waals surface area contributed by atoms with Gasteiger partial charge in [-0.15, -0.1) is 0 Å². The van der Waals surface area contributed by atoms with E-state index in [1.54, 1.807) is 49.4 Å². The Bertz CT molecular complexity index is 972. The molecule has 1 N–H and O–H groups in total. The predicted octanol–water partition coefficient (Wildman–Crippen LogP) is 2.88. The van der Waals surface area contributed by atoms with Gasteiger partial charge in [0.2, 0.25) is 0 Å². The highest BCUT2D eigenvalue weighted by Gasteiger charge is 2.28. The van der Waals surface area contributed by atoms with Crippen LogP contribution in [0.25, 0.3) is 10.9 Å². The van der Waals surface area contributed by atoms with Crippen molar-refractivity contribution in [1.29, 1.82) is 0 Å². The summed E-state index contributed by atoms with van der Waals surface area (Å²) in [6.07, 6.45) is 0. The molecule has 1 aromatic heterocycles. The van der Waals surface area contributed by atoms with Crippen LogP contribution in [-0.2, 0) is 10.0 Å². The Morgan fingerprint density at radius 3 is 2.23 bits per heavy atom. The topological polar surface area (TPSA) is 76.4 Å². The largest absolute Gasteiger partial charge is 0.477 e. The summed E-state index contributed by atoms with van der Waals surface area (Å²) >= 11 is 0. The molecule has 0 fully saturated rings. The Morgan fingerprint density at radius 1 is 1.00 bits per heavy atom. The number of para-hydroxylation sites is 1. The molecule has 112 valence electrons. The average molecular weight is 315 g/mol. The maximum absolute atomic E-state index is 12.9. The lowest BCUT2D eigenvalue weighted by Gasteiger charge is -2.10. The summed E-state index contributed by atoms with van der Waals surface area (Å²) < 4.78 is 26.7. The quantitative estimate of drug-likeness (QED) is 0.806. The van der Waals surface area contributed by atoms with E-state index < -0.39 is 16.0 Å². The highest BCUT2D eigenvalue weighted by atomic mass is 32.2. The molecule has 5 nitrogen and oxygen atoms in total. The van der Waals surface area contributed by atoms with Gasteiger partial charge in [0.15, 0.2) is 0 Å². The molecule has 0 atom stereocenters. The number of carboxylic acid groups (broad SMARTS) is 1. The molecule has 0 unspecified atom stereocenters. The monoisotopic (exact) mass is 315 g/mol. The lowest BCUT2D eigenvalue weighted by atomic mass is 10.1. The molecular weight excluding hydrogens is 302 g/mol. The van der Waals surface area contributed by atoms with Gasteiger partial charge in [0.05, 0.1) is 10.4 Å². The van der Waals surface area contributed by atoms with E-state index in [9.17, 15) is 18.3 Å². The van der Waals surface area contributed by atoms with Crippen LogP contribution in [0.15, 0.2) is 59.5 Å². The Balaban J connectivity index is 2.45. The highest BCUT2D eigenvalue weighted by molar-refractivity contribution is 7.90. The number of aryl methyl sites for hydroxylation is 1. The lowest BCUT2D eigenvalue weighted by molar-refractivity contribution is 0.0689. The number of nitrogens with zero attached hydrogens (tertiary/aromatic N) is 1. The van der Waals surface area contributed by atoms with E-state index >= 15 is 0 Å². The van der Waals surface area contributed by atoms with Gasteiger partial charge in [0.25, 0.3) is 10.0 Å². The number of hydrogen-bond acceptors (Lipinski definition) is 3. The second-order valence-electron chi connectivity index (χ2n) is 4.88. The van der Waals surface area contributed by atoms with E-state index in [-0.39, 0.29) is 10.6 Å². The Hall–Kier alpha value is -2.60. The predicted molar refractivity (Wildman–Crippen MR) is 82.7 cm³/mol. The Morgan fingerprint density at radius 2 is 1.59 bits per heavy atom. The van der Waals surface area contributed by atoms with E-state index in [2.05, 4.69) is 0 Å². The van der Waals surface area contributed by atoms with Crippen molar-refractivity contribution >= 4 is 26.9 Å². The third kappa shape index (κ3) is 2.00. The maximum Gasteiger partial charge on any atom is 0.353 e. The number of aromatic nitrogens is 1. The van der Waals surface area contributed by atoms with Crippen LogP contribution in [0.1, 0.15) is 16.1 Å². The fourth-order valence-corrected chi connectivity index (χ4v) is 4.15. The molecule has 6 heteroatoms. The van der Waals surface area contributed by atoms with Gasteiger partial charge in [-0.2, -0.15) is 0 Å². The standard InChI is InChI=1S/C16H13NO4S/c1-11-13-9-5-6-10-14(13)17(15(11)16(18)19)22(20,21)12-7-3-2-4-8-12/h2-10H,1H3,(H,18,19). The minimum atomic E-state index is -3.98. The van der Waals surface area contributed by atoms with Gasteiger partial charge in [0, 0.05) is 5.39 Å².